The van der Waals surface area contributed by atoms with E-state index in [4.69, 9.17) is 10.00 Å². The van der Waals surface area contributed by atoms with E-state index in [1.165, 1.54) is 12.1 Å². The molecule has 3 N–H and O–H groups in total. The Balaban J connectivity index is 2.82. The second-order valence-electron chi connectivity index (χ2n) is 5.74. The van der Waals surface area contributed by atoms with Crippen LogP contribution in [-0.4, -0.2) is 28.0 Å². The van der Waals surface area contributed by atoms with Gasteiger partial charge in [-0.05, 0) is 38.5 Å². The van der Waals surface area contributed by atoms with Crippen molar-refractivity contribution in [2.75, 3.05) is 5.32 Å². The largest absolute Gasteiger partial charge is 0.444 e. The summed E-state index contributed by atoms with van der Waals surface area (Å²) in [6.07, 6.45) is -3.77. The van der Waals surface area contributed by atoms with Crippen LogP contribution in [0.4, 0.5) is 14.9 Å². The summed E-state index contributed by atoms with van der Waals surface area (Å²) in [4.78, 5) is 11.6. The smallest absolute Gasteiger partial charge is 0.412 e. The minimum atomic E-state index is -1.38. The fraction of sp³-hybridized carbons (Fsp3) is 0.467. The first-order valence-corrected chi connectivity index (χ1v) is 6.66. The highest BCUT2D eigenvalue weighted by molar-refractivity contribution is 5.85. The molecule has 0 saturated heterocycles. The van der Waals surface area contributed by atoms with Crippen molar-refractivity contribution in [2.24, 2.45) is 0 Å². The Labute approximate surface area is 128 Å². The lowest BCUT2D eigenvalue weighted by Gasteiger charge is -2.20. The lowest BCUT2D eigenvalue weighted by Crippen LogP contribution is -2.27. The molecular formula is C15H19FN2O4. The van der Waals surface area contributed by atoms with Crippen molar-refractivity contribution >= 4 is 11.8 Å². The van der Waals surface area contributed by atoms with E-state index in [1.54, 1.807) is 26.8 Å². The summed E-state index contributed by atoms with van der Waals surface area (Å²) >= 11 is 0. The van der Waals surface area contributed by atoms with Gasteiger partial charge in [-0.25, -0.2) is 9.18 Å². The normalized spacial score (nSPS) is 13.9. The molecule has 1 aromatic carbocycles. The van der Waals surface area contributed by atoms with Crippen LogP contribution in [0.2, 0.25) is 0 Å². The highest BCUT2D eigenvalue weighted by Crippen LogP contribution is 2.24. The molecule has 1 rings (SSSR count). The number of carbonyl (C=O) groups is 1. The molecule has 2 unspecified atom stereocenters. The second-order valence-corrected chi connectivity index (χ2v) is 5.74. The van der Waals surface area contributed by atoms with Crippen molar-refractivity contribution in [1.82, 2.24) is 0 Å². The highest BCUT2D eigenvalue weighted by atomic mass is 19.1. The average molecular weight is 310 g/mol. The predicted octanol–water partition coefficient (Wildman–Crippen LogP) is 2.48. The van der Waals surface area contributed by atoms with Crippen LogP contribution < -0.4 is 5.32 Å². The zero-order valence-corrected chi connectivity index (χ0v) is 12.6. The number of ether oxygens (including phenoxy) is 1. The van der Waals surface area contributed by atoms with E-state index in [0.29, 0.717) is 0 Å². The van der Waals surface area contributed by atoms with Crippen LogP contribution in [-0.2, 0) is 4.74 Å². The number of nitrogens with one attached hydrogen (secondary N) is 1. The van der Waals surface area contributed by atoms with Crippen molar-refractivity contribution in [3.63, 3.8) is 0 Å². The maximum atomic E-state index is 13.9. The summed E-state index contributed by atoms with van der Waals surface area (Å²) in [5, 5.41) is 30.0. The molecular weight excluding hydrogens is 291 g/mol. The number of rotatable bonds is 4. The first-order valence-electron chi connectivity index (χ1n) is 6.66. The van der Waals surface area contributed by atoms with Gasteiger partial charge in [-0.1, -0.05) is 6.07 Å². The zero-order valence-electron chi connectivity index (χ0n) is 12.6. The first kappa shape index (κ1) is 17.9. The quantitative estimate of drug-likeness (QED) is 0.793. The number of aliphatic hydroxyl groups is 2. The molecule has 0 aliphatic carbocycles. The number of aliphatic hydroxyl groups excluding tert-OH is 2. The van der Waals surface area contributed by atoms with Crippen molar-refractivity contribution in [1.29, 1.82) is 5.26 Å². The van der Waals surface area contributed by atoms with Gasteiger partial charge in [0.05, 0.1) is 24.3 Å². The van der Waals surface area contributed by atoms with Gasteiger partial charge < -0.3 is 14.9 Å². The Hall–Kier alpha value is -2.17. The standard InChI is InChI=1S/C15H19FN2O4/c1-15(2,3)22-14(21)18-11-5-4-9(8-10(11)16)13(20)12(19)6-7-17/h4-5,8,12-13,19-20H,6H2,1-3H3,(H,18,21). The van der Waals surface area contributed by atoms with Gasteiger partial charge in [0, 0.05) is 0 Å². The van der Waals surface area contributed by atoms with Crippen LogP contribution in [0.1, 0.15) is 38.9 Å². The van der Waals surface area contributed by atoms with E-state index in [2.05, 4.69) is 5.32 Å². The van der Waals surface area contributed by atoms with Crippen LogP contribution >= 0.6 is 0 Å². The summed E-state index contributed by atoms with van der Waals surface area (Å²) in [5.74, 6) is -0.786. The first-order chi connectivity index (χ1) is 10.1. The minimum absolute atomic E-state index is 0.106. The zero-order chi connectivity index (χ0) is 16.9. The van der Waals surface area contributed by atoms with E-state index in [1.807, 2.05) is 0 Å². The van der Waals surface area contributed by atoms with Crippen molar-refractivity contribution in [2.45, 2.75) is 45.0 Å². The molecule has 0 radical (unpaired) electrons. The molecule has 0 aliphatic rings. The molecule has 0 spiro atoms. The number of carbonyl (C=O) groups excluding carboxylic acids is 1. The maximum Gasteiger partial charge on any atom is 0.412 e. The lowest BCUT2D eigenvalue weighted by atomic mass is 10.0. The third-order valence-electron chi connectivity index (χ3n) is 2.64. The lowest BCUT2D eigenvalue weighted by molar-refractivity contribution is 0.0215. The summed E-state index contributed by atoms with van der Waals surface area (Å²) < 4.78 is 18.9. The van der Waals surface area contributed by atoms with Gasteiger partial charge >= 0.3 is 6.09 Å². The summed E-state index contributed by atoms with van der Waals surface area (Å²) in [6, 6.07) is 5.29. The number of anilines is 1. The molecule has 6 nitrogen and oxygen atoms in total. The van der Waals surface area contributed by atoms with E-state index < -0.39 is 29.7 Å². The Morgan fingerprint density at radius 3 is 2.59 bits per heavy atom. The van der Waals surface area contributed by atoms with Gasteiger partial charge in [0.2, 0.25) is 0 Å². The molecule has 7 heteroatoms. The highest BCUT2D eigenvalue weighted by Gasteiger charge is 2.21. The van der Waals surface area contributed by atoms with Crippen LogP contribution in [0.5, 0.6) is 0 Å². The van der Waals surface area contributed by atoms with Crippen LogP contribution in [0.3, 0.4) is 0 Å². The monoisotopic (exact) mass is 310 g/mol. The Bertz CT molecular complexity index is 578. The molecule has 0 aromatic heterocycles. The molecule has 0 saturated carbocycles. The van der Waals surface area contributed by atoms with E-state index in [-0.39, 0.29) is 17.7 Å². The Kier molecular flexibility index (Phi) is 5.85. The Morgan fingerprint density at radius 2 is 2.09 bits per heavy atom. The number of amides is 1. The minimum Gasteiger partial charge on any atom is -0.444 e. The number of hydrogen-bond donors (Lipinski definition) is 3. The summed E-state index contributed by atoms with van der Waals surface area (Å²) in [7, 11) is 0. The molecule has 22 heavy (non-hydrogen) atoms. The van der Waals surface area contributed by atoms with Crippen LogP contribution in [0.25, 0.3) is 0 Å². The van der Waals surface area contributed by atoms with Crippen LogP contribution in [0.15, 0.2) is 18.2 Å². The summed E-state index contributed by atoms with van der Waals surface area (Å²) in [5.41, 5.74) is -0.715. The number of hydrogen-bond acceptors (Lipinski definition) is 5. The molecule has 0 heterocycles. The molecule has 1 aromatic rings. The topological polar surface area (TPSA) is 103 Å². The average Bonchev–Trinajstić information content (AvgIpc) is 2.38. The van der Waals surface area contributed by atoms with E-state index in [0.717, 1.165) is 6.07 Å². The van der Waals surface area contributed by atoms with Gasteiger partial charge in [-0.15, -0.1) is 0 Å². The number of halogens is 1. The molecule has 0 aliphatic heterocycles. The van der Waals surface area contributed by atoms with Gasteiger partial charge in [0.1, 0.15) is 17.5 Å². The van der Waals surface area contributed by atoms with Crippen molar-refractivity contribution in [3.05, 3.63) is 29.6 Å². The number of nitrogens with zero attached hydrogens (tertiary/aromatic N) is 1. The van der Waals surface area contributed by atoms with Crippen LogP contribution in [0, 0.1) is 17.1 Å². The van der Waals surface area contributed by atoms with E-state index in [9.17, 15) is 19.4 Å². The van der Waals surface area contributed by atoms with Crippen molar-refractivity contribution in [3.8, 4) is 6.07 Å². The molecule has 0 bridgehead atoms. The fourth-order valence-corrected chi connectivity index (χ4v) is 1.66. The molecule has 120 valence electrons. The van der Waals surface area contributed by atoms with E-state index >= 15 is 0 Å². The third kappa shape index (κ3) is 5.31. The molecule has 1 amide bonds. The molecule has 2 atom stereocenters. The molecule has 0 fully saturated rings. The predicted molar refractivity (Wildman–Crippen MR) is 77.5 cm³/mol. The number of nitriles is 1. The Morgan fingerprint density at radius 1 is 1.45 bits per heavy atom. The van der Waals surface area contributed by atoms with Gasteiger partial charge in [0.25, 0.3) is 0 Å². The fourth-order valence-electron chi connectivity index (χ4n) is 1.66. The SMILES string of the molecule is CC(C)(C)OC(=O)Nc1ccc(C(O)C(O)CC#N)cc1F. The van der Waals surface area contributed by atoms with Gasteiger partial charge in [0.15, 0.2) is 0 Å². The maximum absolute atomic E-state index is 13.9. The second kappa shape index (κ2) is 7.20. The third-order valence-corrected chi connectivity index (χ3v) is 2.64. The van der Waals surface area contributed by atoms with Gasteiger partial charge in [-0.3, -0.25) is 5.32 Å². The van der Waals surface area contributed by atoms with Gasteiger partial charge in [-0.2, -0.15) is 5.26 Å². The van der Waals surface area contributed by atoms with Crippen molar-refractivity contribution < 1.29 is 24.1 Å². The number of benzene rings is 1. The summed E-state index contributed by atoms with van der Waals surface area (Å²) in [6.45, 7) is 5.04.